The molecule has 42 heavy (non-hydrogen) atoms. The van der Waals surface area contributed by atoms with E-state index in [1.165, 1.54) is 12.3 Å². The lowest BCUT2D eigenvalue weighted by atomic mass is 9.82. The average Bonchev–Trinajstić information content (AvgIpc) is 3.75. The van der Waals surface area contributed by atoms with E-state index in [4.69, 9.17) is 9.47 Å². The summed E-state index contributed by atoms with van der Waals surface area (Å²) >= 11 is 0. The fraction of sp³-hybridized carbons (Fsp3) is 0.333. The number of amides is 1. The van der Waals surface area contributed by atoms with Crippen molar-refractivity contribution in [3.63, 3.8) is 0 Å². The molecule has 214 valence electrons. The average molecular weight is 566 g/mol. The second-order valence-electron chi connectivity index (χ2n) is 11.4. The molecule has 1 saturated carbocycles. The number of carbonyl (C=O) groups is 3. The van der Waals surface area contributed by atoms with Crippen LogP contribution in [0.25, 0.3) is 22.0 Å². The van der Waals surface area contributed by atoms with Gasteiger partial charge in [-0.15, -0.1) is 0 Å². The molecule has 0 unspecified atom stereocenters. The van der Waals surface area contributed by atoms with Crippen LogP contribution in [0.4, 0.5) is 0 Å². The molecule has 9 heteroatoms. The predicted molar refractivity (Wildman–Crippen MR) is 155 cm³/mol. The maximum absolute atomic E-state index is 13.7. The molecule has 3 aliphatic rings. The molecule has 0 atom stereocenters. The van der Waals surface area contributed by atoms with Gasteiger partial charge >= 0.3 is 5.97 Å². The third kappa shape index (κ3) is 4.58. The van der Waals surface area contributed by atoms with Gasteiger partial charge in [-0.2, -0.15) is 0 Å². The van der Waals surface area contributed by atoms with Crippen molar-refractivity contribution in [3.05, 3.63) is 77.7 Å². The molecule has 1 spiro atoms. The van der Waals surface area contributed by atoms with Gasteiger partial charge in [0.1, 0.15) is 17.1 Å². The quantitative estimate of drug-likeness (QED) is 0.316. The topological polar surface area (TPSA) is 111 Å². The Morgan fingerprint density at radius 1 is 1.05 bits per heavy atom. The van der Waals surface area contributed by atoms with Crippen molar-refractivity contribution < 1.29 is 29.0 Å². The Labute approximate surface area is 242 Å². The summed E-state index contributed by atoms with van der Waals surface area (Å²) in [4.78, 5) is 44.3. The number of carboxylic acid groups (broad SMARTS) is 1. The number of aromatic carboxylic acids is 1. The van der Waals surface area contributed by atoms with E-state index >= 15 is 0 Å². The van der Waals surface area contributed by atoms with Gasteiger partial charge in [0.2, 0.25) is 0 Å². The lowest BCUT2D eigenvalue weighted by molar-refractivity contribution is -0.00572. The highest BCUT2D eigenvalue weighted by Gasteiger charge is 2.44. The molecule has 4 heterocycles. The molecule has 0 bridgehead atoms. The number of hydrogen-bond acceptors (Lipinski definition) is 6. The summed E-state index contributed by atoms with van der Waals surface area (Å²) in [6.45, 7) is 3.44. The number of likely N-dealkylation sites (tertiary alicyclic amines) is 1. The highest BCUT2D eigenvalue weighted by molar-refractivity contribution is 6.02. The summed E-state index contributed by atoms with van der Waals surface area (Å²) in [5, 5.41) is 10.3. The summed E-state index contributed by atoms with van der Waals surface area (Å²) < 4.78 is 14.7. The second kappa shape index (κ2) is 10.0. The van der Waals surface area contributed by atoms with Gasteiger partial charge in [0.25, 0.3) is 5.91 Å². The smallest absolute Gasteiger partial charge is 0.337 e. The number of ether oxygens (including phenoxy) is 2. The number of nitrogens with zero attached hydrogens (tertiary/aromatic N) is 3. The summed E-state index contributed by atoms with van der Waals surface area (Å²) in [7, 11) is 0. The highest BCUT2D eigenvalue weighted by Crippen LogP contribution is 2.42. The SMILES string of the molecule is CCOc1cc(C(=O)N2CCC3(CC2)CC(=O)c2cc(-c4cncc(C(=O)O)c4)ccc2O3)cc2c1ccn2C1CC1. The minimum Gasteiger partial charge on any atom is -0.493 e. The maximum Gasteiger partial charge on any atom is 0.337 e. The summed E-state index contributed by atoms with van der Waals surface area (Å²) in [6.07, 6.45) is 8.60. The molecule has 7 rings (SSSR count). The van der Waals surface area contributed by atoms with E-state index < -0.39 is 11.6 Å². The third-order valence-electron chi connectivity index (χ3n) is 8.66. The predicted octanol–water partition coefficient (Wildman–Crippen LogP) is 5.78. The van der Waals surface area contributed by atoms with Crippen LogP contribution in [0.15, 0.2) is 61.1 Å². The van der Waals surface area contributed by atoms with Gasteiger partial charge in [-0.25, -0.2) is 4.79 Å². The molecule has 2 aromatic carbocycles. The zero-order valence-electron chi connectivity index (χ0n) is 23.3. The van der Waals surface area contributed by atoms with Gasteiger partial charge in [0, 0.05) is 67.1 Å². The number of rotatable bonds is 6. The van der Waals surface area contributed by atoms with Crippen molar-refractivity contribution in [2.45, 2.75) is 50.7 Å². The summed E-state index contributed by atoms with van der Waals surface area (Å²) in [6, 6.07) is 13.3. The van der Waals surface area contributed by atoms with Crippen LogP contribution in [-0.4, -0.2) is 62.5 Å². The van der Waals surface area contributed by atoms with Crippen LogP contribution >= 0.6 is 0 Å². The van der Waals surface area contributed by atoms with Crippen LogP contribution in [0, 0.1) is 0 Å². The van der Waals surface area contributed by atoms with Crippen LogP contribution < -0.4 is 9.47 Å². The lowest BCUT2D eigenvalue weighted by Gasteiger charge is -2.44. The van der Waals surface area contributed by atoms with E-state index in [0.717, 1.165) is 29.5 Å². The minimum absolute atomic E-state index is 0.0205. The first kappa shape index (κ1) is 26.3. The van der Waals surface area contributed by atoms with Crippen LogP contribution in [0.3, 0.4) is 0 Å². The van der Waals surface area contributed by atoms with E-state index in [1.807, 2.05) is 30.0 Å². The Morgan fingerprint density at radius 2 is 1.86 bits per heavy atom. The first-order valence-electron chi connectivity index (χ1n) is 14.5. The number of piperidine rings is 1. The van der Waals surface area contributed by atoms with Gasteiger partial charge in [-0.05, 0) is 61.7 Å². The molecular formula is C33H31N3O6. The Bertz CT molecular complexity index is 1750. The van der Waals surface area contributed by atoms with Crippen molar-refractivity contribution >= 4 is 28.6 Å². The number of Topliss-reactive ketones (excluding diaryl/α,β-unsaturated/α-hetero) is 1. The molecule has 4 aromatic rings. The Morgan fingerprint density at radius 3 is 2.60 bits per heavy atom. The van der Waals surface area contributed by atoms with E-state index in [2.05, 4.69) is 21.8 Å². The van der Waals surface area contributed by atoms with Crippen molar-refractivity contribution in [3.8, 4) is 22.6 Å². The summed E-state index contributed by atoms with van der Waals surface area (Å²) in [5.41, 5.74) is 2.87. The monoisotopic (exact) mass is 565 g/mol. The van der Waals surface area contributed by atoms with Crippen molar-refractivity contribution in [2.75, 3.05) is 19.7 Å². The number of hydrogen-bond donors (Lipinski definition) is 1. The van der Waals surface area contributed by atoms with Crippen LogP contribution in [0.2, 0.25) is 0 Å². The van der Waals surface area contributed by atoms with Crippen LogP contribution in [0.5, 0.6) is 11.5 Å². The minimum atomic E-state index is -1.06. The zero-order chi connectivity index (χ0) is 29.0. The Hall–Kier alpha value is -4.66. The van der Waals surface area contributed by atoms with Crippen LogP contribution in [0.1, 0.15) is 76.1 Å². The number of fused-ring (bicyclic) bond motifs is 2. The lowest BCUT2D eigenvalue weighted by Crippen LogP contribution is -2.52. The number of aromatic nitrogens is 2. The second-order valence-corrected chi connectivity index (χ2v) is 11.4. The maximum atomic E-state index is 13.7. The first-order valence-corrected chi connectivity index (χ1v) is 14.5. The highest BCUT2D eigenvalue weighted by atomic mass is 16.5. The Balaban J connectivity index is 1.09. The van der Waals surface area contributed by atoms with Crippen molar-refractivity contribution in [1.82, 2.24) is 14.5 Å². The van der Waals surface area contributed by atoms with Crippen molar-refractivity contribution in [2.24, 2.45) is 0 Å². The van der Waals surface area contributed by atoms with E-state index in [1.54, 1.807) is 18.3 Å². The van der Waals surface area contributed by atoms with Crippen molar-refractivity contribution in [1.29, 1.82) is 0 Å². The molecule has 1 aliphatic carbocycles. The first-order chi connectivity index (χ1) is 20.3. The molecule has 1 N–H and O–H groups in total. The number of ketones is 1. The van der Waals surface area contributed by atoms with Gasteiger partial charge < -0.3 is 24.0 Å². The van der Waals surface area contributed by atoms with Gasteiger partial charge in [0.05, 0.1) is 29.7 Å². The Kier molecular flexibility index (Phi) is 6.26. The number of carbonyl (C=O) groups excluding carboxylic acids is 2. The van der Waals surface area contributed by atoms with E-state index in [-0.39, 0.29) is 23.7 Å². The molecule has 2 aliphatic heterocycles. The van der Waals surface area contributed by atoms with Gasteiger partial charge in [-0.1, -0.05) is 6.07 Å². The molecule has 2 aromatic heterocycles. The van der Waals surface area contributed by atoms with E-state index in [0.29, 0.717) is 66.6 Å². The number of benzene rings is 2. The molecule has 9 nitrogen and oxygen atoms in total. The molecular weight excluding hydrogens is 534 g/mol. The molecule has 1 amide bonds. The fourth-order valence-electron chi connectivity index (χ4n) is 6.26. The molecule has 0 radical (unpaired) electrons. The number of carboxylic acids is 1. The largest absolute Gasteiger partial charge is 0.493 e. The number of pyridine rings is 1. The van der Waals surface area contributed by atoms with Gasteiger partial charge in [0.15, 0.2) is 5.78 Å². The van der Waals surface area contributed by atoms with Gasteiger partial charge in [-0.3, -0.25) is 14.6 Å². The fourth-order valence-corrected chi connectivity index (χ4v) is 6.26. The van der Waals surface area contributed by atoms with Crippen LogP contribution in [-0.2, 0) is 0 Å². The molecule has 1 saturated heterocycles. The third-order valence-corrected chi connectivity index (χ3v) is 8.66. The molecule has 2 fully saturated rings. The summed E-state index contributed by atoms with van der Waals surface area (Å²) in [5.74, 6) is 0.129. The van der Waals surface area contributed by atoms with E-state index in [9.17, 15) is 19.5 Å². The standard InChI is InChI=1S/C33H31N3O6/c1-2-41-30-16-21(15-27-25(30)7-10-36(27)24-4-5-24)31(38)35-11-8-33(9-12-35)17-28(37)26-14-20(3-6-29(26)42-33)22-13-23(32(39)40)19-34-18-22/h3,6-7,10,13-16,18-19,24H,2,4-5,8-9,11-12,17H2,1H3,(H,39,40). The normalized spacial score (nSPS) is 17.6. The zero-order valence-corrected chi connectivity index (χ0v) is 23.3.